The van der Waals surface area contributed by atoms with Crippen LogP contribution in [-0.2, 0) is 6.42 Å². The Hall–Kier alpha value is -3.94. The molecule has 8 heteroatoms. The standard InChI is InChI=1S/C23H20N4O4/c1-29-19-10-6-5-9-16(19)11-21-24-22(31-26-21)17-13-27(14-17)23(28)18-12-20(30-25-18)15-7-3-2-4-8-15/h2-10,12,17H,11,13-14H2,1H3. The summed E-state index contributed by atoms with van der Waals surface area (Å²) in [5, 5.41) is 8.01. The molecule has 5 rings (SSSR count). The van der Waals surface area contributed by atoms with E-state index < -0.39 is 0 Å². The summed E-state index contributed by atoms with van der Waals surface area (Å²) in [4.78, 5) is 18.9. The number of para-hydroxylation sites is 1. The number of hydrogen-bond acceptors (Lipinski definition) is 7. The van der Waals surface area contributed by atoms with Gasteiger partial charge in [0, 0.05) is 36.7 Å². The maximum absolute atomic E-state index is 12.7. The molecular weight excluding hydrogens is 396 g/mol. The topological polar surface area (TPSA) is 94.5 Å². The van der Waals surface area contributed by atoms with Gasteiger partial charge in [0.1, 0.15) is 5.75 Å². The van der Waals surface area contributed by atoms with E-state index in [0.29, 0.717) is 42.7 Å². The molecule has 1 saturated heterocycles. The minimum Gasteiger partial charge on any atom is -0.496 e. The number of benzene rings is 2. The predicted octanol–water partition coefficient (Wildman–Crippen LogP) is 3.56. The molecule has 0 aliphatic carbocycles. The van der Waals surface area contributed by atoms with Crippen molar-refractivity contribution in [2.75, 3.05) is 20.2 Å². The van der Waals surface area contributed by atoms with Gasteiger partial charge in [-0.25, -0.2) is 0 Å². The van der Waals surface area contributed by atoms with Crippen LogP contribution in [0.1, 0.15) is 33.7 Å². The van der Waals surface area contributed by atoms with Crippen LogP contribution in [0.15, 0.2) is 69.7 Å². The molecule has 156 valence electrons. The maximum atomic E-state index is 12.7. The van der Waals surface area contributed by atoms with E-state index in [1.807, 2.05) is 54.6 Å². The second-order valence-electron chi connectivity index (χ2n) is 7.39. The number of nitrogens with zero attached hydrogens (tertiary/aromatic N) is 4. The summed E-state index contributed by atoms with van der Waals surface area (Å²) in [7, 11) is 1.64. The second kappa shape index (κ2) is 8.06. The maximum Gasteiger partial charge on any atom is 0.276 e. The van der Waals surface area contributed by atoms with Gasteiger partial charge in [-0.3, -0.25) is 4.79 Å². The van der Waals surface area contributed by atoms with E-state index >= 15 is 0 Å². The van der Waals surface area contributed by atoms with Crippen molar-refractivity contribution in [1.29, 1.82) is 0 Å². The van der Waals surface area contributed by atoms with Crippen LogP contribution in [0, 0.1) is 0 Å². The molecule has 0 unspecified atom stereocenters. The molecule has 0 atom stereocenters. The first-order chi connectivity index (χ1) is 15.2. The normalized spacial score (nSPS) is 13.8. The fourth-order valence-corrected chi connectivity index (χ4v) is 3.60. The number of rotatable bonds is 6. The summed E-state index contributed by atoms with van der Waals surface area (Å²) >= 11 is 0. The lowest BCUT2D eigenvalue weighted by molar-refractivity contribution is 0.0558. The van der Waals surface area contributed by atoms with Crippen molar-refractivity contribution in [2.24, 2.45) is 0 Å². The van der Waals surface area contributed by atoms with E-state index in [1.54, 1.807) is 18.1 Å². The molecule has 1 aliphatic heterocycles. The summed E-state index contributed by atoms with van der Waals surface area (Å²) in [5.41, 5.74) is 2.16. The molecular formula is C23H20N4O4. The van der Waals surface area contributed by atoms with Crippen LogP contribution in [-0.4, -0.2) is 46.3 Å². The minimum atomic E-state index is -0.170. The number of aromatic nitrogens is 3. The van der Waals surface area contributed by atoms with Crippen molar-refractivity contribution in [3.8, 4) is 17.1 Å². The molecule has 2 aromatic heterocycles. The molecule has 1 aliphatic rings. The zero-order valence-corrected chi connectivity index (χ0v) is 16.9. The third-order valence-electron chi connectivity index (χ3n) is 5.33. The molecule has 4 aromatic rings. The first kappa shape index (κ1) is 19.0. The van der Waals surface area contributed by atoms with Crippen molar-refractivity contribution >= 4 is 5.91 Å². The third-order valence-corrected chi connectivity index (χ3v) is 5.33. The van der Waals surface area contributed by atoms with Gasteiger partial charge in [0.15, 0.2) is 17.3 Å². The fraction of sp³-hybridized carbons (Fsp3) is 0.217. The van der Waals surface area contributed by atoms with Crippen LogP contribution in [0.4, 0.5) is 0 Å². The lowest BCUT2D eigenvalue weighted by Crippen LogP contribution is -2.48. The predicted molar refractivity (Wildman–Crippen MR) is 111 cm³/mol. The summed E-state index contributed by atoms with van der Waals surface area (Å²) < 4.78 is 16.1. The van der Waals surface area contributed by atoms with Crippen LogP contribution >= 0.6 is 0 Å². The van der Waals surface area contributed by atoms with Crippen molar-refractivity contribution in [2.45, 2.75) is 12.3 Å². The molecule has 0 saturated carbocycles. The number of carbonyl (C=O) groups is 1. The van der Waals surface area contributed by atoms with Gasteiger partial charge in [0.05, 0.1) is 13.0 Å². The number of amides is 1. The Morgan fingerprint density at radius 2 is 1.84 bits per heavy atom. The van der Waals surface area contributed by atoms with Crippen molar-refractivity contribution in [3.05, 3.63) is 83.6 Å². The summed E-state index contributed by atoms with van der Waals surface area (Å²) in [6.07, 6.45) is 0.518. The number of methoxy groups -OCH3 is 1. The molecule has 8 nitrogen and oxygen atoms in total. The number of likely N-dealkylation sites (tertiary alicyclic amines) is 1. The van der Waals surface area contributed by atoms with Crippen molar-refractivity contribution in [1.82, 2.24) is 20.2 Å². The highest BCUT2D eigenvalue weighted by molar-refractivity contribution is 5.93. The molecule has 0 N–H and O–H groups in total. The van der Waals surface area contributed by atoms with E-state index in [-0.39, 0.29) is 11.8 Å². The number of hydrogen-bond donors (Lipinski definition) is 0. The molecule has 0 spiro atoms. The Morgan fingerprint density at radius 3 is 2.65 bits per heavy atom. The Labute approximate surface area is 178 Å². The smallest absolute Gasteiger partial charge is 0.276 e. The summed E-state index contributed by atoms with van der Waals surface area (Å²) in [6.45, 7) is 1.01. The quantitative estimate of drug-likeness (QED) is 0.474. The number of ether oxygens (including phenoxy) is 1. The average Bonchev–Trinajstić information content (AvgIpc) is 3.44. The van der Waals surface area contributed by atoms with E-state index in [4.69, 9.17) is 13.8 Å². The molecule has 0 bridgehead atoms. The van der Waals surface area contributed by atoms with Crippen molar-refractivity contribution < 1.29 is 18.6 Å². The largest absolute Gasteiger partial charge is 0.496 e. The Balaban J connectivity index is 1.21. The zero-order valence-electron chi connectivity index (χ0n) is 16.9. The highest BCUT2D eigenvalue weighted by Crippen LogP contribution is 2.29. The Kier molecular flexibility index (Phi) is 4.95. The highest BCUT2D eigenvalue weighted by Gasteiger charge is 2.37. The van der Waals surface area contributed by atoms with Gasteiger partial charge >= 0.3 is 0 Å². The van der Waals surface area contributed by atoms with E-state index in [9.17, 15) is 4.79 Å². The molecule has 3 heterocycles. The minimum absolute atomic E-state index is 0.0170. The second-order valence-corrected chi connectivity index (χ2v) is 7.39. The van der Waals surface area contributed by atoms with Gasteiger partial charge in [-0.15, -0.1) is 0 Å². The zero-order chi connectivity index (χ0) is 21.2. The van der Waals surface area contributed by atoms with Gasteiger partial charge < -0.3 is 18.7 Å². The Bertz CT molecular complexity index is 1200. The van der Waals surface area contributed by atoms with Gasteiger partial charge in [-0.05, 0) is 6.07 Å². The summed E-state index contributed by atoms with van der Waals surface area (Å²) in [6, 6.07) is 19.0. The lowest BCUT2D eigenvalue weighted by Gasteiger charge is -2.36. The van der Waals surface area contributed by atoms with Gasteiger partial charge in [-0.2, -0.15) is 4.98 Å². The first-order valence-electron chi connectivity index (χ1n) is 9.97. The monoisotopic (exact) mass is 416 g/mol. The average molecular weight is 416 g/mol. The first-order valence-corrected chi connectivity index (χ1v) is 9.97. The highest BCUT2D eigenvalue weighted by atomic mass is 16.5. The SMILES string of the molecule is COc1ccccc1Cc1noc(C2CN(C(=O)c3cc(-c4ccccc4)on3)C2)n1. The van der Waals surface area contributed by atoms with Gasteiger partial charge in [0.2, 0.25) is 5.89 Å². The molecule has 1 amide bonds. The van der Waals surface area contributed by atoms with E-state index in [2.05, 4.69) is 15.3 Å². The van der Waals surface area contributed by atoms with E-state index in [0.717, 1.165) is 16.9 Å². The molecule has 0 radical (unpaired) electrons. The van der Waals surface area contributed by atoms with Crippen LogP contribution in [0.5, 0.6) is 5.75 Å². The summed E-state index contributed by atoms with van der Waals surface area (Å²) in [5.74, 6) is 2.34. The lowest BCUT2D eigenvalue weighted by atomic mass is 9.99. The van der Waals surface area contributed by atoms with Gasteiger partial charge in [-0.1, -0.05) is 58.8 Å². The van der Waals surface area contributed by atoms with Crippen LogP contribution in [0.3, 0.4) is 0 Å². The Morgan fingerprint density at radius 1 is 1.06 bits per heavy atom. The molecule has 2 aromatic carbocycles. The van der Waals surface area contributed by atoms with Crippen molar-refractivity contribution in [3.63, 3.8) is 0 Å². The van der Waals surface area contributed by atoms with Crippen LogP contribution in [0.25, 0.3) is 11.3 Å². The molecule has 1 fully saturated rings. The van der Waals surface area contributed by atoms with E-state index in [1.165, 1.54) is 0 Å². The van der Waals surface area contributed by atoms with Crippen LogP contribution < -0.4 is 4.74 Å². The number of carbonyl (C=O) groups excluding carboxylic acids is 1. The van der Waals surface area contributed by atoms with Gasteiger partial charge in [0.25, 0.3) is 5.91 Å². The van der Waals surface area contributed by atoms with Crippen LogP contribution in [0.2, 0.25) is 0 Å². The third kappa shape index (κ3) is 3.79. The molecule has 31 heavy (non-hydrogen) atoms. The fourth-order valence-electron chi connectivity index (χ4n) is 3.60.